The molecule has 142 valence electrons. The van der Waals surface area contributed by atoms with Gasteiger partial charge in [0, 0.05) is 44.0 Å². The minimum atomic E-state index is -3.38. The molecule has 6 nitrogen and oxygen atoms in total. The summed E-state index contributed by atoms with van der Waals surface area (Å²) in [6, 6.07) is 11.8. The molecule has 0 spiro atoms. The summed E-state index contributed by atoms with van der Waals surface area (Å²) in [5.41, 5.74) is 7.69. The summed E-state index contributed by atoms with van der Waals surface area (Å²) in [5, 5.41) is 5.68. The first-order valence-electron chi connectivity index (χ1n) is 8.67. The van der Waals surface area contributed by atoms with Gasteiger partial charge < -0.3 is 5.32 Å². The fourth-order valence-electron chi connectivity index (χ4n) is 3.08. The normalized spacial score (nSPS) is 22.0. The maximum absolute atomic E-state index is 12.2. The third-order valence-electron chi connectivity index (χ3n) is 4.79. The smallest absolute Gasteiger partial charge is 0.242 e. The molecule has 1 saturated heterocycles. The van der Waals surface area contributed by atoms with Crippen LogP contribution in [0.4, 0.5) is 0 Å². The fourth-order valence-corrected chi connectivity index (χ4v) is 4.85. The summed E-state index contributed by atoms with van der Waals surface area (Å²) in [6.07, 6.45) is 0. The van der Waals surface area contributed by atoms with Crippen molar-refractivity contribution >= 4 is 21.4 Å². The van der Waals surface area contributed by atoms with E-state index in [1.54, 1.807) is 37.6 Å². The lowest BCUT2D eigenvalue weighted by Crippen LogP contribution is -2.30. The Hall–Kier alpha value is -1.29. The van der Waals surface area contributed by atoms with Gasteiger partial charge in [-0.15, -0.1) is 11.3 Å². The second-order valence-electron chi connectivity index (χ2n) is 6.76. The van der Waals surface area contributed by atoms with Crippen molar-refractivity contribution in [3.63, 3.8) is 0 Å². The zero-order valence-electron chi connectivity index (χ0n) is 15.3. The number of hydrazine groups is 1. The van der Waals surface area contributed by atoms with E-state index in [1.807, 2.05) is 12.1 Å². The van der Waals surface area contributed by atoms with E-state index < -0.39 is 10.0 Å². The number of nitrogens with zero attached hydrogens (tertiary/aromatic N) is 1. The summed E-state index contributed by atoms with van der Waals surface area (Å²) < 4.78 is 25.5. The van der Waals surface area contributed by atoms with Crippen molar-refractivity contribution in [2.45, 2.75) is 23.9 Å². The minimum absolute atomic E-state index is 0.149. The van der Waals surface area contributed by atoms with Crippen LogP contribution in [0.1, 0.15) is 29.4 Å². The topological polar surface area (TPSA) is 73.5 Å². The fraction of sp³-hybridized carbons (Fsp3) is 0.444. The largest absolute Gasteiger partial charge is 0.310 e. The highest BCUT2D eigenvalue weighted by atomic mass is 32.2. The second kappa shape index (κ2) is 8.16. The molecular formula is C18H26N4O2S2. The molecule has 3 unspecified atom stereocenters. The molecule has 0 radical (unpaired) electrons. The Morgan fingerprint density at radius 3 is 2.62 bits per heavy atom. The third kappa shape index (κ3) is 4.16. The van der Waals surface area contributed by atoms with Crippen LogP contribution in [0.2, 0.25) is 0 Å². The van der Waals surface area contributed by atoms with Gasteiger partial charge in [-0.25, -0.2) is 18.1 Å². The van der Waals surface area contributed by atoms with Crippen molar-refractivity contribution in [2.24, 2.45) is 5.92 Å². The zero-order chi connectivity index (χ0) is 18.7. The van der Waals surface area contributed by atoms with E-state index in [-0.39, 0.29) is 6.04 Å². The zero-order valence-corrected chi connectivity index (χ0v) is 16.9. The van der Waals surface area contributed by atoms with E-state index in [2.05, 4.69) is 40.6 Å². The van der Waals surface area contributed by atoms with E-state index in [0.29, 0.717) is 16.9 Å². The Kier molecular flexibility index (Phi) is 6.11. The van der Waals surface area contributed by atoms with Crippen LogP contribution in [0.25, 0.3) is 0 Å². The highest BCUT2D eigenvalue weighted by Crippen LogP contribution is 2.28. The van der Waals surface area contributed by atoms with Gasteiger partial charge in [0.05, 0.1) is 10.9 Å². The highest BCUT2D eigenvalue weighted by Gasteiger charge is 2.29. The monoisotopic (exact) mass is 394 g/mol. The molecule has 1 aliphatic heterocycles. The predicted molar refractivity (Wildman–Crippen MR) is 105 cm³/mol. The molecule has 0 amide bonds. The van der Waals surface area contributed by atoms with E-state index >= 15 is 0 Å². The van der Waals surface area contributed by atoms with Gasteiger partial charge in [-0.05, 0) is 36.1 Å². The van der Waals surface area contributed by atoms with E-state index in [4.69, 9.17) is 0 Å². The van der Waals surface area contributed by atoms with Crippen molar-refractivity contribution in [1.82, 2.24) is 20.5 Å². The number of thiophene rings is 1. The number of hydrogen-bond donors (Lipinski definition) is 3. The molecule has 2 aromatic rings. The molecule has 3 rings (SSSR count). The quantitative estimate of drug-likeness (QED) is 0.671. The molecule has 1 fully saturated rings. The first-order valence-corrected chi connectivity index (χ1v) is 11.0. The minimum Gasteiger partial charge on any atom is -0.310 e. The van der Waals surface area contributed by atoms with Crippen molar-refractivity contribution < 1.29 is 8.42 Å². The molecule has 3 atom stereocenters. The molecule has 0 saturated carbocycles. The van der Waals surface area contributed by atoms with Gasteiger partial charge in [-0.2, -0.15) is 0 Å². The van der Waals surface area contributed by atoms with Gasteiger partial charge in [0.25, 0.3) is 0 Å². The number of nitrogens with one attached hydrogen (secondary N) is 3. The van der Waals surface area contributed by atoms with Crippen LogP contribution < -0.4 is 16.2 Å². The van der Waals surface area contributed by atoms with Crippen molar-refractivity contribution in [1.29, 1.82) is 0 Å². The Morgan fingerprint density at radius 1 is 1.27 bits per heavy atom. The van der Waals surface area contributed by atoms with Crippen LogP contribution in [-0.2, 0) is 10.0 Å². The lowest BCUT2D eigenvalue weighted by Gasteiger charge is -2.21. The Balaban J connectivity index is 1.61. The lowest BCUT2D eigenvalue weighted by molar-refractivity contribution is 0.422. The van der Waals surface area contributed by atoms with Crippen molar-refractivity contribution in [2.75, 3.05) is 27.2 Å². The van der Waals surface area contributed by atoms with E-state index in [0.717, 1.165) is 18.7 Å². The number of hydrogen-bond acceptors (Lipinski definition) is 6. The summed E-state index contributed by atoms with van der Waals surface area (Å²) in [6.45, 7) is 3.90. The number of benzene rings is 1. The van der Waals surface area contributed by atoms with Crippen LogP contribution in [0.3, 0.4) is 0 Å². The molecule has 8 heteroatoms. The molecule has 3 N–H and O–H groups in total. The van der Waals surface area contributed by atoms with Gasteiger partial charge in [-0.3, -0.25) is 5.43 Å². The van der Waals surface area contributed by atoms with Gasteiger partial charge in [0.1, 0.15) is 0 Å². The standard InChI is InChI=1S/C18H26N4O2S2/c1-13(14-6-8-16(9-7-14)26(23,24)22(2)3)19-11-15-12-20-21-18(15)17-5-4-10-25-17/h4-10,13,15,18-21H,11-12H2,1-3H3. The molecule has 1 aromatic carbocycles. The molecule has 1 aromatic heterocycles. The van der Waals surface area contributed by atoms with Crippen LogP contribution in [-0.4, -0.2) is 39.9 Å². The first-order chi connectivity index (χ1) is 12.4. The Labute approximate surface area is 159 Å². The van der Waals surface area contributed by atoms with Crippen LogP contribution in [0.15, 0.2) is 46.7 Å². The maximum Gasteiger partial charge on any atom is 0.242 e. The van der Waals surface area contributed by atoms with Crippen LogP contribution in [0.5, 0.6) is 0 Å². The first kappa shape index (κ1) is 19.5. The average Bonchev–Trinajstić information content (AvgIpc) is 3.30. The van der Waals surface area contributed by atoms with Crippen molar-refractivity contribution in [3.05, 3.63) is 52.2 Å². The summed E-state index contributed by atoms with van der Waals surface area (Å²) in [4.78, 5) is 1.66. The van der Waals surface area contributed by atoms with Gasteiger partial charge in [0.15, 0.2) is 0 Å². The summed E-state index contributed by atoms with van der Waals surface area (Å²) >= 11 is 1.77. The number of sulfonamides is 1. The second-order valence-corrected chi connectivity index (χ2v) is 9.90. The number of rotatable bonds is 7. The molecular weight excluding hydrogens is 368 g/mol. The Morgan fingerprint density at radius 2 is 2.00 bits per heavy atom. The van der Waals surface area contributed by atoms with E-state index in [1.165, 1.54) is 9.18 Å². The van der Waals surface area contributed by atoms with Crippen molar-refractivity contribution in [3.8, 4) is 0 Å². The van der Waals surface area contributed by atoms with E-state index in [9.17, 15) is 8.42 Å². The molecule has 26 heavy (non-hydrogen) atoms. The SMILES string of the molecule is CC(NCC1CNNC1c1cccs1)c1ccc(S(=O)(=O)N(C)C)cc1. The summed E-state index contributed by atoms with van der Waals surface area (Å²) in [5.74, 6) is 0.462. The summed E-state index contributed by atoms with van der Waals surface area (Å²) in [7, 11) is -0.294. The molecule has 2 heterocycles. The van der Waals surface area contributed by atoms with Crippen LogP contribution >= 0.6 is 11.3 Å². The molecule has 0 bridgehead atoms. The maximum atomic E-state index is 12.2. The predicted octanol–water partition coefficient (Wildman–Crippen LogP) is 2.11. The lowest BCUT2D eigenvalue weighted by atomic mass is 9.99. The highest BCUT2D eigenvalue weighted by molar-refractivity contribution is 7.89. The average molecular weight is 395 g/mol. The Bertz CT molecular complexity index is 804. The van der Waals surface area contributed by atoms with Gasteiger partial charge in [0.2, 0.25) is 10.0 Å². The van der Waals surface area contributed by atoms with Gasteiger partial charge >= 0.3 is 0 Å². The molecule has 0 aliphatic carbocycles. The van der Waals surface area contributed by atoms with Gasteiger partial charge in [-0.1, -0.05) is 18.2 Å². The third-order valence-corrected chi connectivity index (χ3v) is 7.57. The molecule has 1 aliphatic rings. The van der Waals surface area contributed by atoms with Crippen LogP contribution in [0, 0.1) is 5.92 Å².